The van der Waals surface area contributed by atoms with Crippen molar-refractivity contribution in [3.8, 4) is 0 Å². The summed E-state index contributed by atoms with van der Waals surface area (Å²) in [5.74, 6) is 0.686. The number of aliphatic imine (C=N–C) groups is 1. The minimum absolute atomic E-state index is 0.0310. The van der Waals surface area contributed by atoms with Gasteiger partial charge in [0.15, 0.2) is 5.96 Å². The molecule has 0 bridgehead atoms. The standard InChI is InChI=1S/C21H30N4O2/c1-3-22-20(24-17-21(2,27)18-11-5-4-6-12-18)23-14-8-10-16-25-15-9-7-13-19(25)26/h4-7,9,11-13,15,27H,3,8,10,14,16-17H2,1-2H3,(H2,22,23,24). The lowest BCUT2D eigenvalue weighted by Crippen LogP contribution is -2.39. The van der Waals surface area contributed by atoms with E-state index in [2.05, 4.69) is 15.6 Å². The topological polar surface area (TPSA) is 78.7 Å². The summed E-state index contributed by atoms with van der Waals surface area (Å²) >= 11 is 0. The molecule has 0 saturated heterocycles. The van der Waals surface area contributed by atoms with Gasteiger partial charge in [0.25, 0.3) is 0 Å². The van der Waals surface area contributed by atoms with Gasteiger partial charge in [-0.25, -0.2) is 4.99 Å². The number of unbranched alkanes of at least 4 members (excludes halogenated alkanes) is 1. The highest BCUT2D eigenvalue weighted by atomic mass is 16.3. The van der Waals surface area contributed by atoms with E-state index in [1.807, 2.05) is 49.5 Å². The number of hydrogen-bond acceptors (Lipinski definition) is 3. The van der Waals surface area contributed by atoms with Crippen LogP contribution >= 0.6 is 0 Å². The van der Waals surface area contributed by atoms with Crippen LogP contribution in [-0.4, -0.2) is 35.3 Å². The third kappa shape index (κ3) is 6.90. The number of nitrogens with zero attached hydrogens (tertiary/aromatic N) is 2. The zero-order valence-corrected chi connectivity index (χ0v) is 16.2. The van der Waals surface area contributed by atoms with Crippen molar-refractivity contribution in [2.24, 2.45) is 4.99 Å². The van der Waals surface area contributed by atoms with Crippen LogP contribution in [0.2, 0.25) is 0 Å². The van der Waals surface area contributed by atoms with Gasteiger partial charge in [-0.15, -0.1) is 0 Å². The Hall–Kier alpha value is -2.60. The molecule has 1 aromatic carbocycles. The first kappa shape index (κ1) is 20.7. The molecule has 2 rings (SSSR count). The molecule has 1 atom stereocenters. The number of aromatic nitrogens is 1. The quantitative estimate of drug-likeness (QED) is 0.359. The van der Waals surface area contributed by atoms with E-state index in [0.717, 1.165) is 31.5 Å². The number of hydrogen-bond donors (Lipinski definition) is 3. The molecular formula is C21H30N4O2. The predicted molar refractivity (Wildman–Crippen MR) is 110 cm³/mol. The fourth-order valence-corrected chi connectivity index (χ4v) is 2.72. The van der Waals surface area contributed by atoms with E-state index in [1.165, 1.54) is 0 Å². The van der Waals surface area contributed by atoms with Crippen molar-refractivity contribution in [3.63, 3.8) is 0 Å². The first-order valence-corrected chi connectivity index (χ1v) is 9.48. The Labute approximate surface area is 161 Å². The molecule has 0 aliphatic rings. The molecule has 0 aliphatic carbocycles. The largest absolute Gasteiger partial charge is 0.384 e. The van der Waals surface area contributed by atoms with Crippen LogP contribution in [0.25, 0.3) is 0 Å². The van der Waals surface area contributed by atoms with E-state index in [1.54, 1.807) is 23.6 Å². The molecular weight excluding hydrogens is 340 g/mol. The second-order valence-corrected chi connectivity index (χ2v) is 6.70. The molecule has 146 valence electrons. The van der Waals surface area contributed by atoms with Gasteiger partial charge >= 0.3 is 0 Å². The Morgan fingerprint density at radius 1 is 1.11 bits per heavy atom. The Kier molecular flexibility index (Phi) is 8.07. The number of aryl methyl sites for hydroxylation is 1. The van der Waals surface area contributed by atoms with Gasteiger partial charge in [-0.05, 0) is 38.3 Å². The fourth-order valence-electron chi connectivity index (χ4n) is 2.72. The van der Waals surface area contributed by atoms with Gasteiger partial charge in [0.2, 0.25) is 5.56 Å². The number of benzene rings is 1. The maximum Gasteiger partial charge on any atom is 0.250 e. The van der Waals surface area contributed by atoms with Crippen molar-refractivity contribution in [2.75, 3.05) is 19.6 Å². The van der Waals surface area contributed by atoms with Crippen molar-refractivity contribution >= 4 is 5.96 Å². The molecule has 3 N–H and O–H groups in total. The number of guanidine groups is 1. The van der Waals surface area contributed by atoms with Crippen molar-refractivity contribution in [1.29, 1.82) is 0 Å². The van der Waals surface area contributed by atoms with Gasteiger partial charge in [0, 0.05) is 31.9 Å². The van der Waals surface area contributed by atoms with Crippen LogP contribution in [0.4, 0.5) is 0 Å². The summed E-state index contributed by atoms with van der Waals surface area (Å²) in [5, 5.41) is 17.2. The maximum absolute atomic E-state index is 11.7. The molecule has 1 aromatic heterocycles. The Balaban J connectivity index is 1.81. The van der Waals surface area contributed by atoms with E-state index in [4.69, 9.17) is 0 Å². The summed E-state index contributed by atoms with van der Waals surface area (Å²) in [6, 6.07) is 14.8. The molecule has 2 aromatic rings. The van der Waals surface area contributed by atoms with Gasteiger partial charge in [0.05, 0.1) is 6.54 Å². The number of rotatable bonds is 9. The van der Waals surface area contributed by atoms with Gasteiger partial charge in [-0.3, -0.25) is 4.79 Å². The van der Waals surface area contributed by atoms with Crippen LogP contribution in [0, 0.1) is 0 Å². The Bertz CT molecular complexity index is 769. The predicted octanol–water partition coefficient (Wildman–Crippen LogP) is 2.09. The van der Waals surface area contributed by atoms with Crippen LogP contribution in [-0.2, 0) is 12.1 Å². The summed E-state index contributed by atoms with van der Waals surface area (Å²) in [4.78, 5) is 16.2. The second-order valence-electron chi connectivity index (χ2n) is 6.70. The smallest absolute Gasteiger partial charge is 0.250 e. The zero-order chi connectivity index (χ0) is 19.5. The lowest BCUT2D eigenvalue weighted by atomic mass is 9.96. The fraction of sp³-hybridized carbons (Fsp3) is 0.429. The van der Waals surface area contributed by atoms with E-state index in [9.17, 15) is 9.90 Å². The summed E-state index contributed by atoms with van der Waals surface area (Å²) in [5.41, 5.74) is -0.139. The van der Waals surface area contributed by atoms with Crippen LogP contribution in [0.1, 0.15) is 32.3 Å². The molecule has 0 aliphatic heterocycles. The number of nitrogens with one attached hydrogen (secondary N) is 2. The average molecular weight is 370 g/mol. The lowest BCUT2D eigenvalue weighted by Gasteiger charge is -2.22. The average Bonchev–Trinajstić information content (AvgIpc) is 2.68. The van der Waals surface area contributed by atoms with E-state index < -0.39 is 5.60 Å². The second kappa shape index (κ2) is 10.5. The highest BCUT2D eigenvalue weighted by Crippen LogP contribution is 2.20. The van der Waals surface area contributed by atoms with Gasteiger partial charge < -0.3 is 20.3 Å². The number of aliphatic hydroxyl groups is 1. The minimum atomic E-state index is -1.02. The SMILES string of the molecule is CCNC(=NCC(C)(O)c1ccccc1)NCCCCn1ccccc1=O. The van der Waals surface area contributed by atoms with E-state index >= 15 is 0 Å². The van der Waals surface area contributed by atoms with Gasteiger partial charge in [-0.2, -0.15) is 0 Å². The Morgan fingerprint density at radius 2 is 1.85 bits per heavy atom. The number of pyridine rings is 1. The molecule has 6 nitrogen and oxygen atoms in total. The van der Waals surface area contributed by atoms with Gasteiger partial charge in [-0.1, -0.05) is 36.4 Å². The summed E-state index contributed by atoms with van der Waals surface area (Å²) in [7, 11) is 0. The highest BCUT2D eigenvalue weighted by Gasteiger charge is 2.22. The first-order valence-electron chi connectivity index (χ1n) is 9.48. The molecule has 27 heavy (non-hydrogen) atoms. The molecule has 0 fully saturated rings. The minimum Gasteiger partial charge on any atom is -0.384 e. The molecule has 1 unspecified atom stereocenters. The van der Waals surface area contributed by atoms with Gasteiger partial charge in [0.1, 0.15) is 5.60 Å². The first-order chi connectivity index (χ1) is 13.0. The molecule has 0 saturated carbocycles. The normalized spacial score (nSPS) is 13.8. The Morgan fingerprint density at radius 3 is 2.56 bits per heavy atom. The van der Waals surface area contributed by atoms with Crippen molar-refractivity contribution in [1.82, 2.24) is 15.2 Å². The molecule has 1 heterocycles. The lowest BCUT2D eigenvalue weighted by molar-refractivity contribution is 0.0672. The van der Waals surface area contributed by atoms with E-state index in [0.29, 0.717) is 12.5 Å². The summed E-state index contributed by atoms with van der Waals surface area (Å²) in [6.07, 6.45) is 3.63. The van der Waals surface area contributed by atoms with Crippen LogP contribution in [0.3, 0.4) is 0 Å². The maximum atomic E-state index is 11.7. The molecule has 6 heteroatoms. The summed E-state index contributed by atoms with van der Waals surface area (Å²) in [6.45, 7) is 6.25. The third-order valence-electron chi connectivity index (χ3n) is 4.30. The van der Waals surface area contributed by atoms with Crippen molar-refractivity contribution < 1.29 is 5.11 Å². The van der Waals surface area contributed by atoms with Crippen LogP contribution in [0.5, 0.6) is 0 Å². The summed E-state index contributed by atoms with van der Waals surface area (Å²) < 4.78 is 1.72. The van der Waals surface area contributed by atoms with Crippen molar-refractivity contribution in [2.45, 2.75) is 38.8 Å². The zero-order valence-electron chi connectivity index (χ0n) is 16.2. The molecule has 0 spiro atoms. The van der Waals surface area contributed by atoms with Crippen LogP contribution < -0.4 is 16.2 Å². The monoisotopic (exact) mass is 370 g/mol. The highest BCUT2D eigenvalue weighted by molar-refractivity contribution is 5.79. The molecule has 0 amide bonds. The van der Waals surface area contributed by atoms with Crippen LogP contribution in [0.15, 0.2) is 64.5 Å². The third-order valence-corrected chi connectivity index (χ3v) is 4.30. The van der Waals surface area contributed by atoms with Crippen molar-refractivity contribution in [3.05, 3.63) is 70.6 Å². The van der Waals surface area contributed by atoms with E-state index in [-0.39, 0.29) is 12.1 Å². The molecule has 0 radical (unpaired) electrons.